The lowest BCUT2D eigenvalue weighted by Crippen LogP contribution is -2.50. The summed E-state index contributed by atoms with van der Waals surface area (Å²) in [7, 11) is 5.52. The van der Waals surface area contributed by atoms with Gasteiger partial charge in [-0.3, -0.25) is 9.59 Å². The van der Waals surface area contributed by atoms with Gasteiger partial charge >= 0.3 is 17.9 Å². The first-order valence-corrected chi connectivity index (χ1v) is 23.7. The van der Waals surface area contributed by atoms with E-state index in [0.29, 0.717) is 19.3 Å². The van der Waals surface area contributed by atoms with Crippen LogP contribution in [0.1, 0.15) is 200 Å². The highest BCUT2D eigenvalue weighted by Gasteiger charge is 2.31. The average Bonchev–Trinajstić information content (AvgIpc) is 3.18. The van der Waals surface area contributed by atoms with Crippen LogP contribution in [-0.2, 0) is 28.6 Å². The van der Waals surface area contributed by atoms with Gasteiger partial charge in [0.2, 0.25) is 0 Å². The highest BCUT2D eigenvalue weighted by Crippen LogP contribution is 2.14. The molecular formula is C50H90NO7+. The summed E-state index contributed by atoms with van der Waals surface area (Å²) in [5, 5.41) is 9.63. The Hall–Kier alpha value is -2.71. The third-order valence-corrected chi connectivity index (χ3v) is 10.5. The maximum Gasteiger partial charge on any atom is 0.362 e. The number of hydrogen-bond acceptors (Lipinski definition) is 6. The predicted molar refractivity (Wildman–Crippen MR) is 243 cm³/mol. The van der Waals surface area contributed by atoms with Crippen molar-refractivity contribution >= 4 is 17.9 Å². The van der Waals surface area contributed by atoms with E-state index in [2.05, 4.69) is 62.5 Å². The van der Waals surface area contributed by atoms with Crippen LogP contribution in [0.4, 0.5) is 0 Å². The van der Waals surface area contributed by atoms with Crippen LogP contribution in [0.2, 0.25) is 0 Å². The molecule has 0 aromatic carbocycles. The molecule has 0 aromatic heterocycles. The van der Waals surface area contributed by atoms with E-state index in [0.717, 1.165) is 64.2 Å². The molecule has 0 rings (SSSR count). The minimum absolute atomic E-state index is 0.0550. The van der Waals surface area contributed by atoms with E-state index < -0.39 is 18.1 Å². The first-order valence-electron chi connectivity index (χ1n) is 23.7. The summed E-state index contributed by atoms with van der Waals surface area (Å²) in [4.78, 5) is 37.1. The van der Waals surface area contributed by atoms with Gasteiger partial charge in [0.1, 0.15) is 6.61 Å². The standard InChI is InChI=1S/C50H89NO7/c1-6-8-10-12-14-16-18-20-22-24-26-28-30-32-34-36-38-40-48(52)57-45-46(44-56-43-42-47(50(54)55)51(3,4)5)58-49(53)41-39-37-35-33-31-29-27-25-23-21-19-17-15-13-11-9-7-2/h14-17,20-23,46-47H,6-13,18-19,24-45H2,1-5H3/p+1/b16-14+,17-15+,22-20+,23-21+. The number of rotatable bonds is 42. The second kappa shape index (κ2) is 41.0. The number of carbonyl (C=O) groups excluding carboxylic acids is 2. The van der Waals surface area contributed by atoms with E-state index in [1.54, 1.807) is 0 Å². The molecule has 0 saturated heterocycles. The number of carboxylic acid groups (broad SMARTS) is 1. The molecule has 0 aliphatic carbocycles. The molecule has 0 aliphatic rings. The molecule has 0 saturated carbocycles. The van der Waals surface area contributed by atoms with Crippen LogP contribution in [0.25, 0.3) is 0 Å². The Bertz CT molecular complexity index is 1090. The SMILES string of the molecule is CCCCC/C=C/C/C=C/CCCCCCCCCC(=O)OCC(COCCC(C(=O)O)[N+](C)(C)C)OC(=O)CCCCCCCCC/C=C/C/C=C/CCCCC. The van der Waals surface area contributed by atoms with Crippen molar-refractivity contribution in [3.63, 3.8) is 0 Å². The highest BCUT2D eigenvalue weighted by molar-refractivity contribution is 5.72. The number of carbonyl (C=O) groups is 3. The molecule has 8 nitrogen and oxygen atoms in total. The molecule has 0 radical (unpaired) electrons. The van der Waals surface area contributed by atoms with Crippen LogP contribution < -0.4 is 0 Å². The van der Waals surface area contributed by atoms with Gasteiger partial charge in [0, 0.05) is 19.3 Å². The highest BCUT2D eigenvalue weighted by atomic mass is 16.6. The molecule has 0 bridgehead atoms. The Morgan fingerprint density at radius 2 is 0.914 bits per heavy atom. The Morgan fingerprint density at radius 3 is 1.33 bits per heavy atom. The van der Waals surface area contributed by atoms with Gasteiger partial charge in [0.15, 0.2) is 12.1 Å². The molecule has 58 heavy (non-hydrogen) atoms. The average molecular weight is 817 g/mol. The Balaban J connectivity index is 4.33. The van der Waals surface area contributed by atoms with E-state index in [1.165, 1.54) is 103 Å². The number of esters is 2. The largest absolute Gasteiger partial charge is 0.477 e. The van der Waals surface area contributed by atoms with Gasteiger partial charge in [-0.15, -0.1) is 0 Å². The number of ether oxygens (including phenoxy) is 3. The van der Waals surface area contributed by atoms with E-state index >= 15 is 0 Å². The van der Waals surface area contributed by atoms with Gasteiger partial charge in [0.25, 0.3) is 0 Å². The van der Waals surface area contributed by atoms with Crippen LogP contribution in [0.5, 0.6) is 0 Å². The molecule has 0 aliphatic heterocycles. The molecule has 0 fully saturated rings. The molecule has 1 N–H and O–H groups in total. The zero-order valence-electron chi connectivity index (χ0n) is 38.2. The van der Waals surface area contributed by atoms with Crippen LogP contribution in [0.15, 0.2) is 48.6 Å². The number of allylic oxidation sites excluding steroid dienone is 8. The third kappa shape index (κ3) is 38.8. The maximum atomic E-state index is 12.8. The summed E-state index contributed by atoms with van der Waals surface area (Å²) in [5.74, 6) is -1.48. The monoisotopic (exact) mass is 817 g/mol. The summed E-state index contributed by atoms with van der Waals surface area (Å²) in [6, 6.07) is -0.618. The summed E-state index contributed by atoms with van der Waals surface area (Å²) in [6.07, 6.45) is 48.6. The van der Waals surface area contributed by atoms with E-state index in [1.807, 2.05) is 21.1 Å². The molecule has 0 aromatic rings. The first-order chi connectivity index (χ1) is 28.1. The van der Waals surface area contributed by atoms with Gasteiger partial charge in [-0.2, -0.15) is 0 Å². The van der Waals surface area contributed by atoms with Crippen molar-refractivity contribution in [1.82, 2.24) is 0 Å². The summed E-state index contributed by atoms with van der Waals surface area (Å²) >= 11 is 0. The molecule has 0 spiro atoms. The van der Waals surface area contributed by atoms with Crippen molar-refractivity contribution in [2.45, 2.75) is 212 Å². The Kier molecular flexibility index (Phi) is 39.1. The Morgan fingerprint density at radius 1 is 0.517 bits per heavy atom. The van der Waals surface area contributed by atoms with Crippen molar-refractivity contribution in [3.05, 3.63) is 48.6 Å². The van der Waals surface area contributed by atoms with Crippen molar-refractivity contribution in [2.75, 3.05) is 41.0 Å². The lowest BCUT2D eigenvalue weighted by Gasteiger charge is -2.31. The number of hydrogen-bond donors (Lipinski definition) is 1. The minimum atomic E-state index is -0.878. The van der Waals surface area contributed by atoms with E-state index in [9.17, 15) is 19.5 Å². The van der Waals surface area contributed by atoms with Crippen molar-refractivity contribution in [1.29, 1.82) is 0 Å². The Labute approximate surface area is 356 Å². The third-order valence-electron chi connectivity index (χ3n) is 10.5. The van der Waals surface area contributed by atoms with Crippen molar-refractivity contribution < 1.29 is 38.2 Å². The van der Waals surface area contributed by atoms with Gasteiger partial charge in [-0.05, 0) is 77.0 Å². The lowest BCUT2D eigenvalue weighted by molar-refractivity contribution is -0.887. The number of likely N-dealkylation sites (N-methyl/N-ethyl adjacent to an activating group) is 1. The molecule has 0 heterocycles. The van der Waals surface area contributed by atoms with Gasteiger partial charge in [-0.25, -0.2) is 4.79 Å². The number of unbranched alkanes of at least 4 members (excludes halogenated alkanes) is 20. The van der Waals surface area contributed by atoms with Crippen molar-refractivity contribution in [3.8, 4) is 0 Å². The van der Waals surface area contributed by atoms with Crippen LogP contribution in [0.3, 0.4) is 0 Å². The molecule has 2 unspecified atom stereocenters. The summed E-state index contributed by atoms with van der Waals surface area (Å²) < 4.78 is 17.3. The first kappa shape index (κ1) is 55.3. The second-order valence-electron chi connectivity index (χ2n) is 17.0. The van der Waals surface area contributed by atoms with Gasteiger partial charge in [0.05, 0.1) is 34.4 Å². The minimum Gasteiger partial charge on any atom is -0.477 e. The number of carboxylic acids is 1. The molecule has 0 amide bonds. The number of nitrogens with zero attached hydrogens (tertiary/aromatic N) is 1. The maximum absolute atomic E-state index is 12.8. The fourth-order valence-electron chi connectivity index (χ4n) is 6.74. The summed E-state index contributed by atoms with van der Waals surface area (Å²) in [5.41, 5.74) is 0. The number of aliphatic carboxylic acids is 1. The van der Waals surface area contributed by atoms with Crippen LogP contribution in [-0.4, -0.2) is 80.6 Å². The van der Waals surface area contributed by atoms with Crippen molar-refractivity contribution in [2.24, 2.45) is 0 Å². The molecule has 336 valence electrons. The molecule has 8 heteroatoms. The van der Waals surface area contributed by atoms with Crippen LogP contribution >= 0.6 is 0 Å². The zero-order valence-corrected chi connectivity index (χ0v) is 38.2. The van der Waals surface area contributed by atoms with Gasteiger partial charge < -0.3 is 23.8 Å². The number of quaternary nitrogens is 1. The zero-order chi connectivity index (χ0) is 42.8. The quantitative estimate of drug-likeness (QED) is 0.0283. The fraction of sp³-hybridized carbons (Fsp3) is 0.780. The van der Waals surface area contributed by atoms with E-state index in [-0.39, 0.29) is 36.2 Å². The molecule has 2 atom stereocenters. The fourth-order valence-corrected chi connectivity index (χ4v) is 6.74. The van der Waals surface area contributed by atoms with E-state index in [4.69, 9.17) is 14.2 Å². The second-order valence-corrected chi connectivity index (χ2v) is 17.0. The predicted octanol–water partition coefficient (Wildman–Crippen LogP) is 13.2. The smallest absolute Gasteiger partial charge is 0.362 e. The molecular weight excluding hydrogens is 727 g/mol. The van der Waals surface area contributed by atoms with Gasteiger partial charge in [-0.1, -0.05) is 152 Å². The topological polar surface area (TPSA) is 99.1 Å². The lowest BCUT2D eigenvalue weighted by atomic mass is 10.1. The van der Waals surface area contributed by atoms with Crippen LogP contribution in [0, 0.1) is 0 Å². The normalized spacial score (nSPS) is 13.3. The summed E-state index contributed by atoms with van der Waals surface area (Å²) in [6.45, 7) is 4.68.